The first-order valence-electron chi connectivity index (χ1n) is 6.63. The highest BCUT2D eigenvalue weighted by Gasteiger charge is 2.09. The molecule has 0 unspecified atom stereocenters. The van der Waals surface area contributed by atoms with Crippen molar-refractivity contribution in [3.05, 3.63) is 24.2 Å². The fourth-order valence-electron chi connectivity index (χ4n) is 1.76. The quantitative estimate of drug-likeness (QED) is 0.494. The molecule has 0 radical (unpaired) electrons. The molecule has 6 heteroatoms. The molecule has 0 aliphatic heterocycles. The van der Waals surface area contributed by atoms with E-state index in [1.807, 2.05) is 0 Å². The minimum atomic E-state index is -0.322. The third-order valence-electron chi connectivity index (χ3n) is 2.96. The van der Waals surface area contributed by atoms with Crippen molar-refractivity contribution in [1.29, 1.82) is 0 Å². The molecule has 0 aromatic carbocycles. The van der Waals surface area contributed by atoms with Gasteiger partial charge in [-0.3, -0.25) is 10.1 Å². The molecule has 0 aliphatic carbocycles. The third-order valence-corrected chi connectivity index (χ3v) is 3.21. The molecule has 1 rings (SSSR count). The molecule has 1 aromatic rings. The van der Waals surface area contributed by atoms with E-state index in [0.29, 0.717) is 5.11 Å². The highest BCUT2D eigenvalue weighted by Crippen LogP contribution is 1.98. The van der Waals surface area contributed by atoms with Gasteiger partial charge in [0, 0.05) is 13.0 Å². The predicted molar refractivity (Wildman–Crippen MR) is 78.3 cm³/mol. The first-order valence-corrected chi connectivity index (χ1v) is 7.04. The minimum absolute atomic E-state index is 0.261. The average molecular weight is 284 g/mol. The lowest BCUT2D eigenvalue weighted by Crippen LogP contribution is -3.11. The number of hydrogen-bond acceptors (Lipinski definition) is 3. The van der Waals surface area contributed by atoms with Crippen LogP contribution in [0.5, 0.6) is 0 Å². The van der Waals surface area contributed by atoms with Crippen molar-refractivity contribution in [2.75, 3.05) is 26.2 Å². The topological polar surface area (TPSA) is 58.7 Å². The van der Waals surface area contributed by atoms with Gasteiger partial charge in [-0.25, -0.2) is 0 Å². The van der Waals surface area contributed by atoms with Gasteiger partial charge < -0.3 is 14.6 Å². The standard InChI is InChI=1S/C13H21N3O2S/c1-3-16(4-2)9-6-8-14-13(19)15-12(17)11-7-5-10-18-11/h5,7,10H,3-4,6,8-9H2,1-2H3,(H2,14,15,17,19)/p+1. The SMILES string of the molecule is CC[NH+](CC)CCCNC(=S)NC(=O)c1ccco1. The Morgan fingerprint density at radius 2 is 2.16 bits per heavy atom. The molecule has 106 valence electrons. The zero-order valence-corrected chi connectivity index (χ0v) is 12.3. The Kier molecular flexibility index (Phi) is 7.14. The van der Waals surface area contributed by atoms with Crippen LogP contribution in [0.2, 0.25) is 0 Å². The maximum absolute atomic E-state index is 11.6. The summed E-state index contributed by atoms with van der Waals surface area (Å²) in [5, 5.41) is 5.95. The molecular formula is C13H22N3O2S+. The average Bonchev–Trinajstić information content (AvgIpc) is 2.93. The molecule has 0 saturated carbocycles. The van der Waals surface area contributed by atoms with Crippen LogP contribution < -0.4 is 15.5 Å². The molecule has 1 heterocycles. The van der Waals surface area contributed by atoms with Crippen LogP contribution in [0.1, 0.15) is 30.8 Å². The summed E-state index contributed by atoms with van der Waals surface area (Å²) in [6.07, 6.45) is 2.48. The van der Waals surface area contributed by atoms with Crippen LogP contribution in [0.25, 0.3) is 0 Å². The number of quaternary nitrogens is 1. The predicted octanol–water partition coefficient (Wildman–Crippen LogP) is 0.199. The van der Waals surface area contributed by atoms with Crippen molar-refractivity contribution < 1.29 is 14.1 Å². The molecule has 0 saturated heterocycles. The minimum Gasteiger partial charge on any atom is -0.459 e. The molecule has 1 aromatic heterocycles. The Morgan fingerprint density at radius 1 is 1.42 bits per heavy atom. The van der Waals surface area contributed by atoms with E-state index in [4.69, 9.17) is 16.6 Å². The largest absolute Gasteiger partial charge is 0.459 e. The Balaban J connectivity index is 2.16. The summed E-state index contributed by atoms with van der Waals surface area (Å²) in [6.45, 7) is 8.50. The van der Waals surface area contributed by atoms with Gasteiger partial charge in [0.15, 0.2) is 10.9 Å². The molecule has 0 spiro atoms. The van der Waals surface area contributed by atoms with Crippen molar-refractivity contribution in [2.45, 2.75) is 20.3 Å². The summed E-state index contributed by atoms with van der Waals surface area (Å²) in [6, 6.07) is 3.26. The van der Waals surface area contributed by atoms with Gasteiger partial charge in [0.1, 0.15) is 0 Å². The van der Waals surface area contributed by atoms with E-state index in [2.05, 4.69) is 24.5 Å². The van der Waals surface area contributed by atoms with Gasteiger partial charge in [-0.05, 0) is 38.2 Å². The number of nitrogens with one attached hydrogen (secondary N) is 3. The molecule has 0 fully saturated rings. The van der Waals surface area contributed by atoms with E-state index < -0.39 is 0 Å². The van der Waals surface area contributed by atoms with Gasteiger partial charge in [0.2, 0.25) is 0 Å². The fourth-order valence-corrected chi connectivity index (χ4v) is 1.96. The molecule has 19 heavy (non-hydrogen) atoms. The van der Waals surface area contributed by atoms with Gasteiger partial charge in [-0.2, -0.15) is 0 Å². The number of amides is 1. The first kappa shape index (κ1) is 15.7. The smallest absolute Gasteiger partial charge is 0.293 e. The summed E-state index contributed by atoms with van der Waals surface area (Å²) in [7, 11) is 0. The summed E-state index contributed by atoms with van der Waals surface area (Å²) < 4.78 is 4.98. The number of furan rings is 1. The number of carbonyl (C=O) groups is 1. The zero-order chi connectivity index (χ0) is 14.1. The van der Waals surface area contributed by atoms with Crippen LogP contribution in [0.4, 0.5) is 0 Å². The van der Waals surface area contributed by atoms with E-state index in [-0.39, 0.29) is 11.7 Å². The van der Waals surface area contributed by atoms with E-state index in [1.54, 1.807) is 17.0 Å². The molecular weight excluding hydrogens is 262 g/mol. The Morgan fingerprint density at radius 3 is 2.74 bits per heavy atom. The fraction of sp³-hybridized carbons (Fsp3) is 0.538. The van der Waals surface area contributed by atoms with Crippen molar-refractivity contribution in [1.82, 2.24) is 10.6 Å². The Hall–Kier alpha value is -1.40. The van der Waals surface area contributed by atoms with Crippen LogP contribution in [0.3, 0.4) is 0 Å². The van der Waals surface area contributed by atoms with Crippen LogP contribution in [-0.4, -0.2) is 37.2 Å². The lowest BCUT2D eigenvalue weighted by molar-refractivity contribution is -0.896. The molecule has 5 nitrogen and oxygen atoms in total. The summed E-state index contributed by atoms with van der Waals surface area (Å²) in [4.78, 5) is 13.2. The summed E-state index contributed by atoms with van der Waals surface area (Å²) >= 11 is 5.05. The van der Waals surface area contributed by atoms with Crippen molar-refractivity contribution >= 4 is 23.2 Å². The number of hydrogen-bond donors (Lipinski definition) is 3. The molecule has 0 atom stereocenters. The zero-order valence-electron chi connectivity index (χ0n) is 11.5. The van der Waals surface area contributed by atoms with E-state index in [9.17, 15) is 4.79 Å². The normalized spacial score (nSPS) is 10.5. The second-order valence-electron chi connectivity index (χ2n) is 4.25. The van der Waals surface area contributed by atoms with Gasteiger partial charge in [0.25, 0.3) is 5.91 Å². The first-order chi connectivity index (χ1) is 9.17. The van der Waals surface area contributed by atoms with E-state index in [1.165, 1.54) is 6.26 Å². The number of rotatable bonds is 7. The summed E-state index contributed by atoms with van der Waals surface area (Å²) in [5.41, 5.74) is 0. The number of carbonyl (C=O) groups excluding carboxylic acids is 1. The van der Waals surface area contributed by atoms with Crippen LogP contribution >= 0.6 is 12.2 Å². The maximum Gasteiger partial charge on any atom is 0.293 e. The van der Waals surface area contributed by atoms with Crippen LogP contribution in [0.15, 0.2) is 22.8 Å². The lowest BCUT2D eigenvalue weighted by atomic mass is 10.3. The molecule has 3 N–H and O–H groups in total. The number of thiocarbonyl (C=S) groups is 1. The highest BCUT2D eigenvalue weighted by molar-refractivity contribution is 7.80. The molecule has 1 amide bonds. The Labute approximate surface area is 119 Å². The Bertz CT molecular complexity index is 389. The van der Waals surface area contributed by atoms with Gasteiger partial charge in [-0.1, -0.05) is 0 Å². The highest BCUT2D eigenvalue weighted by atomic mass is 32.1. The van der Waals surface area contributed by atoms with Crippen molar-refractivity contribution in [3.63, 3.8) is 0 Å². The van der Waals surface area contributed by atoms with Crippen LogP contribution in [-0.2, 0) is 0 Å². The van der Waals surface area contributed by atoms with E-state index >= 15 is 0 Å². The second-order valence-corrected chi connectivity index (χ2v) is 4.66. The monoisotopic (exact) mass is 284 g/mol. The van der Waals surface area contributed by atoms with E-state index in [0.717, 1.165) is 32.6 Å². The maximum atomic E-state index is 11.6. The molecule has 0 bridgehead atoms. The van der Waals surface area contributed by atoms with Gasteiger partial charge in [0.05, 0.1) is 25.9 Å². The van der Waals surface area contributed by atoms with Crippen molar-refractivity contribution in [3.8, 4) is 0 Å². The van der Waals surface area contributed by atoms with Crippen molar-refractivity contribution in [2.24, 2.45) is 0 Å². The second kappa shape index (κ2) is 8.66. The van der Waals surface area contributed by atoms with Gasteiger partial charge in [-0.15, -0.1) is 0 Å². The lowest BCUT2D eigenvalue weighted by Gasteiger charge is -2.15. The molecule has 0 aliphatic rings. The summed E-state index contributed by atoms with van der Waals surface area (Å²) in [5.74, 6) is -0.0615. The third kappa shape index (κ3) is 5.85. The van der Waals surface area contributed by atoms with Crippen LogP contribution in [0, 0.1) is 0 Å². The van der Waals surface area contributed by atoms with Gasteiger partial charge >= 0.3 is 0 Å².